The molecule has 6 heteroatoms. The van der Waals surface area contributed by atoms with Crippen LogP contribution in [0.25, 0.3) is 0 Å². The Kier molecular flexibility index (Phi) is 56.3. The van der Waals surface area contributed by atoms with Gasteiger partial charge in [0.2, 0.25) is 0 Å². The lowest BCUT2D eigenvalue weighted by Crippen LogP contribution is -2.30. The van der Waals surface area contributed by atoms with Crippen LogP contribution in [0.5, 0.6) is 0 Å². The average Bonchev–Trinajstić information content (AvgIpc) is 3.36. The summed E-state index contributed by atoms with van der Waals surface area (Å²) in [5, 5.41) is 0. The van der Waals surface area contributed by atoms with E-state index in [1.54, 1.807) is 6.08 Å². The van der Waals surface area contributed by atoms with Crippen molar-refractivity contribution in [3.8, 4) is 0 Å². The number of unbranched alkanes of at least 4 members (excludes halogenated alkanes) is 35. The molecule has 0 spiro atoms. The van der Waals surface area contributed by atoms with Gasteiger partial charge in [0.25, 0.3) is 0 Å². The molecule has 0 rings (SSSR count). The molecule has 6 nitrogen and oxygen atoms in total. The van der Waals surface area contributed by atoms with Crippen LogP contribution in [-0.2, 0) is 28.6 Å². The average molecular weight is 980 g/mol. The summed E-state index contributed by atoms with van der Waals surface area (Å²) in [7, 11) is 0. The maximum absolute atomic E-state index is 12.9. The van der Waals surface area contributed by atoms with Gasteiger partial charge in [-0.1, -0.05) is 306 Å². The first-order valence-electron chi connectivity index (χ1n) is 30.3. The standard InChI is InChI=1S/C64H114O6/c1-4-7-10-13-16-19-22-25-28-30-32-34-36-39-42-45-48-51-54-57-63(66)69-60-61(59-68-62(65)56-53-50-47-44-41-38-35-27-24-21-18-15-12-9-6-3)70-64(67)58-55-52-49-46-43-40-37-33-31-29-26-23-20-17-14-11-8-5-2/h9,12,18,21,27,35,41,44,50,53,61H,4-8,10-11,13-17,19-20,22-26,28-34,36-40,42-43,45-49,51-52,54-60H2,1-3H3/b12-9-,21-18-,35-27-,44-41-,53-50-. The van der Waals surface area contributed by atoms with Crippen LogP contribution >= 0.6 is 0 Å². The minimum absolute atomic E-state index is 0.0994. The van der Waals surface area contributed by atoms with E-state index in [1.807, 2.05) is 6.08 Å². The SMILES string of the molecule is CC/C=C\C/C=C\C/C=C\C/C=C\C/C=C\CC(=O)OCC(COC(=O)CCCCCCCCCCCCCCCCCCCCC)OC(=O)CCCCCCCCCCCCCCCCCCCC. The van der Waals surface area contributed by atoms with Crippen molar-refractivity contribution in [3.05, 3.63) is 60.8 Å². The maximum Gasteiger partial charge on any atom is 0.309 e. The first kappa shape index (κ1) is 67.1. The maximum atomic E-state index is 12.9. The second-order valence-corrected chi connectivity index (χ2v) is 20.3. The number of hydrogen-bond acceptors (Lipinski definition) is 6. The molecule has 0 amide bonds. The number of carbonyl (C=O) groups excluding carboxylic acids is 3. The summed E-state index contributed by atoms with van der Waals surface area (Å²) in [6, 6.07) is 0. The Morgan fingerprint density at radius 2 is 0.557 bits per heavy atom. The van der Waals surface area contributed by atoms with Crippen molar-refractivity contribution in [3.63, 3.8) is 0 Å². The summed E-state index contributed by atoms with van der Waals surface area (Å²) in [6.45, 7) is 6.49. The lowest BCUT2D eigenvalue weighted by Gasteiger charge is -2.18. The molecule has 0 aromatic heterocycles. The van der Waals surface area contributed by atoms with Gasteiger partial charge in [0.1, 0.15) is 13.2 Å². The van der Waals surface area contributed by atoms with E-state index in [9.17, 15) is 14.4 Å². The second-order valence-electron chi connectivity index (χ2n) is 20.3. The summed E-state index contributed by atoms with van der Waals surface area (Å²) in [5.41, 5.74) is 0. The lowest BCUT2D eigenvalue weighted by atomic mass is 10.0. The number of ether oxygens (including phenoxy) is 3. The van der Waals surface area contributed by atoms with Crippen molar-refractivity contribution >= 4 is 17.9 Å². The van der Waals surface area contributed by atoms with E-state index in [4.69, 9.17) is 14.2 Å². The zero-order valence-electron chi connectivity index (χ0n) is 46.5. The molecule has 70 heavy (non-hydrogen) atoms. The number of rotatable bonds is 55. The van der Waals surface area contributed by atoms with Crippen LogP contribution in [0.1, 0.15) is 310 Å². The van der Waals surface area contributed by atoms with E-state index < -0.39 is 12.1 Å². The third-order valence-electron chi connectivity index (χ3n) is 13.3. The number of allylic oxidation sites excluding steroid dienone is 9. The smallest absolute Gasteiger partial charge is 0.309 e. The van der Waals surface area contributed by atoms with Gasteiger partial charge in [-0.2, -0.15) is 0 Å². The Hall–Kier alpha value is -2.89. The zero-order chi connectivity index (χ0) is 50.7. The molecule has 0 aliphatic rings. The van der Waals surface area contributed by atoms with Gasteiger partial charge in [-0.3, -0.25) is 14.4 Å². The quantitative estimate of drug-likeness (QED) is 0.0261. The van der Waals surface area contributed by atoms with Gasteiger partial charge in [0.05, 0.1) is 6.42 Å². The van der Waals surface area contributed by atoms with Crippen LogP contribution in [0.2, 0.25) is 0 Å². The van der Waals surface area contributed by atoms with Crippen molar-refractivity contribution in [2.24, 2.45) is 0 Å². The van der Waals surface area contributed by atoms with Crippen LogP contribution < -0.4 is 0 Å². The predicted octanol–water partition coefficient (Wildman–Crippen LogP) is 20.4. The fourth-order valence-corrected chi connectivity index (χ4v) is 8.81. The molecule has 0 saturated heterocycles. The van der Waals surface area contributed by atoms with E-state index in [2.05, 4.69) is 69.4 Å². The Balaban J connectivity index is 4.40. The van der Waals surface area contributed by atoms with Gasteiger partial charge in [0.15, 0.2) is 6.10 Å². The van der Waals surface area contributed by atoms with Gasteiger partial charge in [-0.15, -0.1) is 0 Å². The largest absolute Gasteiger partial charge is 0.462 e. The molecule has 1 atom stereocenters. The summed E-state index contributed by atoms with van der Waals surface area (Å²) in [4.78, 5) is 38.2. The van der Waals surface area contributed by atoms with Gasteiger partial charge in [-0.25, -0.2) is 0 Å². The molecule has 0 radical (unpaired) electrons. The highest BCUT2D eigenvalue weighted by Gasteiger charge is 2.19. The van der Waals surface area contributed by atoms with Gasteiger partial charge >= 0.3 is 17.9 Å². The molecule has 0 aliphatic carbocycles. The van der Waals surface area contributed by atoms with Crippen molar-refractivity contribution in [1.29, 1.82) is 0 Å². The highest BCUT2D eigenvalue weighted by atomic mass is 16.6. The van der Waals surface area contributed by atoms with Crippen LogP contribution in [-0.4, -0.2) is 37.2 Å². The van der Waals surface area contributed by atoms with Crippen molar-refractivity contribution in [2.75, 3.05) is 13.2 Å². The van der Waals surface area contributed by atoms with Gasteiger partial charge in [-0.05, 0) is 44.9 Å². The molecule has 0 aromatic carbocycles. The first-order chi connectivity index (χ1) is 34.5. The molecule has 0 saturated carbocycles. The summed E-state index contributed by atoms with van der Waals surface area (Å²) in [5.74, 6) is -1.02. The van der Waals surface area contributed by atoms with Crippen LogP contribution in [0.3, 0.4) is 0 Å². The molecule has 0 aliphatic heterocycles. The van der Waals surface area contributed by atoms with E-state index in [0.29, 0.717) is 12.8 Å². The minimum atomic E-state index is -0.811. The topological polar surface area (TPSA) is 78.9 Å². The molecular formula is C64H114O6. The van der Waals surface area contributed by atoms with Crippen LogP contribution in [0.15, 0.2) is 60.8 Å². The third kappa shape index (κ3) is 56.0. The molecule has 0 fully saturated rings. The van der Waals surface area contributed by atoms with Crippen LogP contribution in [0, 0.1) is 0 Å². The van der Waals surface area contributed by atoms with Crippen molar-refractivity contribution in [1.82, 2.24) is 0 Å². The molecule has 0 N–H and O–H groups in total. The summed E-state index contributed by atoms with van der Waals surface area (Å²) in [6.07, 6.45) is 73.9. The highest BCUT2D eigenvalue weighted by Crippen LogP contribution is 2.17. The van der Waals surface area contributed by atoms with E-state index in [-0.39, 0.29) is 31.6 Å². The normalized spacial score (nSPS) is 12.4. The van der Waals surface area contributed by atoms with Crippen LogP contribution in [0.4, 0.5) is 0 Å². The molecule has 1 unspecified atom stereocenters. The molecular weight excluding hydrogens is 865 g/mol. The molecule has 0 aromatic rings. The number of esters is 3. The fourth-order valence-electron chi connectivity index (χ4n) is 8.81. The van der Waals surface area contributed by atoms with E-state index >= 15 is 0 Å². The third-order valence-corrected chi connectivity index (χ3v) is 13.3. The van der Waals surface area contributed by atoms with Gasteiger partial charge in [0, 0.05) is 12.8 Å². The lowest BCUT2D eigenvalue weighted by molar-refractivity contribution is -0.166. The van der Waals surface area contributed by atoms with E-state index in [1.165, 1.54) is 199 Å². The Morgan fingerprint density at radius 3 is 0.871 bits per heavy atom. The predicted molar refractivity (Wildman–Crippen MR) is 302 cm³/mol. The second kappa shape index (κ2) is 58.7. The van der Waals surface area contributed by atoms with E-state index in [0.717, 1.165) is 70.6 Å². The molecule has 0 bridgehead atoms. The number of carbonyl (C=O) groups is 3. The van der Waals surface area contributed by atoms with Gasteiger partial charge < -0.3 is 14.2 Å². The van der Waals surface area contributed by atoms with Crippen molar-refractivity contribution < 1.29 is 28.6 Å². The summed E-state index contributed by atoms with van der Waals surface area (Å²) < 4.78 is 16.8. The molecule has 406 valence electrons. The molecule has 0 heterocycles. The zero-order valence-corrected chi connectivity index (χ0v) is 46.5. The first-order valence-corrected chi connectivity index (χ1v) is 30.3. The summed E-state index contributed by atoms with van der Waals surface area (Å²) >= 11 is 0. The number of hydrogen-bond donors (Lipinski definition) is 0. The fraction of sp³-hybridized carbons (Fsp3) is 0.797. The highest BCUT2D eigenvalue weighted by molar-refractivity contribution is 5.72. The Bertz CT molecular complexity index is 1260. The minimum Gasteiger partial charge on any atom is -0.462 e. The Morgan fingerprint density at radius 1 is 0.300 bits per heavy atom. The van der Waals surface area contributed by atoms with Crippen molar-refractivity contribution in [2.45, 2.75) is 316 Å². The Labute approximate surface area is 434 Å². The monoisotopic (exact) mass is 979 g/mol.